The van der Waals surface area contributed by atoms with Gasteiger partial charge in [-0.05, 0) is 104 Å². The van der Waals surface area contributed by atoms with E-state index in [1.54, 1.807) is 26.8 Å². The Hall–Kier alpha value is -4.27. The number of amides is 4. The first-order chi connectivity index (χ1) is 26.0. The average molecular weight is 784 g/mol. The van der Waals surface area contributed by atoms with Gasteiger partial charge in [0, 0.05) is 28.5 Å². The van der Waals surface area contributed by atoms with E-state index in [0.717, 1.165) is 32.1 Å². The summed E-state index contributed by atoms with van der Waals surface area (Å²) in [6.45, 7) is 11.0. The van der Waals surface area contributed by atoms with Gasteiger partial charge in [-0.2, -0.15) is 0 Å². The van der Waals surface area contributed by atoms with Gasteiger partial charge in [-0.25, -0.2) is 14.2 Å². The van der Waals surface area contributed by atoms with Gasteiger partial charge in [0.25, 0.3) is 5.91 Å². The summed E-state index contributed by atoms with van der Waals surface area (Å²) in [5.74, 6) is -1.62. The Balaban J connectivity index is 1.34. The van der Waals surface area contributed by atoms with E-state index >= 15 is 0 Å². The Labute approximate surface area is 326 Å². The average Bonchev–Trinajstić information content (AvgIpc) is 3.97. The van der Waals surface area contributed by atoms with E-state index in [9.17, 15) is 23.6 Å². The number of nitrogens with one attached hydrogen (secondary N) is 3. The topological polar surface area (TPSA) is 157 Å². The lowest BCUT2D eigenvalue weighted by molar-refractivity contribution is -0.141. The monoisotopic (exact) mass is 783 g/mol. The van der Waals surface area contributed by atoms with E-state index in [-0.39, 0.29) is 52.8 Å². The molecule has 1 aromatic carbocycles. The molecule has 13 nitrogen and oxygen atoms in total. The maximum atomic E-state index is 14.9. The number of allylic oxidation sites excluding steroid dienone is 1. The van der Waals surface area contributed by atoms with Gasteiger partial charge in [-0.1, -0.05) is 25.0 Å². The molecule has 0 spiro atoms. The summed E-state index contributed by atoms with van der Waals surface area (Å²) in [6.07, 6.45) is 8.30. The minimum absolute atomic E-state index is 0.0112. The van der Waals surface area contributed by atoms with Crippen LogP contribution in [0.2, 0.25) is 0 Å². The molecule has 1 saturated heterocycles. The number of carbonyl (C=O) groups is 4. The standard InChI is InChI=1S/C40H54FN5O8S/c1-23(2)52-31-20-30(26-15-16-27(41)33(51-7)32(26)43-31)53-25-19-29-34(47)44-40(36(49)45-55-39(6)17-18-39)21-24(40)13-11-9-8-10-12-14-28(35(48)46(29)22-25)42-37(50)54-38(3,4)5/h11,13,15-16,20,23-25,28-29H,8-10,12,14,17-19,21-22H2,1-7H3,(H,42,50)(H,44,47)(H,45,49)/b13-11-/t24?,25-,28+,29+,40-/m1/s1. The minimum Gasteiger partial charge on any atom is -0.491 e. The van der Waals surface area contributed by atoms with Crippen LogP contribution in [0.25, 0.3) is 10.9 Å². The van der Waals surface area contributed by atoms with Crippen LogP contribution in [0, 0.1) is 11.7 Å². The van der Waals surface area contributed by atoms with Crippen LogP contribution in [0.1, 0.15) is 99.3 Å². The van der Waals surface area contributed by atoms with Crippen LogP contribution in [-0.4, -0.2) is 87.5 Å². The van der Waals surface area contributed by atoms with Gasteiger partial charge in [-0.3, -0.25) is 19.1 Å². The Morgan fingerprint density at radius 3 is 2.60 bits per heavy atom. The molecule has 2 aliphatic carbocycles. The highest BCUT2D eigenvalue weighted by Gasteiger charge is 2.61. The van der Waals surface area contributed by atoms with E-state index in [1.165, 1.54) is 36.1 Å². The van der Waals surface area contributed by atoms with E-state index < -0.39 is 53.1 Å². The SMILES string of the molecule is COc1c(F)ccc2c(O[C@@H]3C[C@H]4C(=O)N[C@]5(C(=O)NSC6(C)CC6)CC5/C=C\CCCCC[C@H](NC(=O)OC(C)(C)C)C(=O)N4C3)cc(OC(C)C)nc12. The first-order valence-electron chi connectivity index (χ1n) is 19.3. The summed E-state index contributed by atoms with van der Waals surface area (Å²) in [4.78, 5) is 61.9. The number of fused-ring (bicyclic) bond motifs is 3. The molecule has 6 rings (SSSR count). The predicted molar refractivity (Wildman–Crippen MR) is 206 cm³/mol. The lowest BCUT2D eigenvalue weighted by Gasteiger charge is -2.30. The second-order valence-corrected chi connectivity index (χ2v) is 18.0. The second kappa shape index (κ2) is 16.1. The van der Waals surface area contributed by atoms with Crippen molar-refractivity contribution in [2.45, 2.75) is 140 Å². The van der Waals surface area contributed by atoms with Crippen LogP contribution in [0.5, 0.6) is 17.4 Å². The first kappa shape index (κ1) is 40.4. The number of carbonyl (C=O) groups excluding carboxylic acids is 4. The van der Waals surface area contributed by atoms with Gasteiger partial charge in [0.15, 0.2) is 11.6 Å². The van der Waals surface area contributed by atoms with Crippen molar-refractivity contribution in [3.8, 4) is 17.4 Å². The van der Waals surface area contributed by atoms with Crippen LogP contribution >= 0.6 is 11.9 Å². The molecule has 2 saturated carbocycles. The molecule has 3 fully saturated rings. The van der Waals surface area contributed by atoms with Crippen molar-refractivity contribution in [3.05, 3.63) is 36.2 Å². The highest BCUT2D eigenvalue weighted by molar-refractivity contribution is 7.99. The molecule has 0 bridgehead atoms. The minimum atomic E-state index is -1.17. The van der Waals surface area contributed by atoms with Crippen molar-refractivity contribution >= 4 is 46.7 Å². The number of ether oxygens (including phenoxy) is 4. The third kappa shape index (κ3) is 9.58. The van der Waals surface area contributed by atoms with Crippen molar-refractivity contribution in [3.63, 3.8) is 0 Å². The van der Waals surface area contributed by atoms with Crippen molar-refractivity contribution in [1.29, 1.82) is 0 Å². The largest absolute Gasteiger partial charge is 0.491 e. The third-order valence-corrected chi connectivity index (χ3v) is 11.5. The number of hydrogen-bond donors (Lipinski definition) is 3. The number of rotatable bonds is 9. The molecule has 55 heavy (non-hydrogen) atoms. The fourth-order valence-electron chi connectivity index (χ4n) is 7.12. The highest BCUT2D eigenvalue weighted by atomic mass is 32.2. The number of benzene rings is 1. The number of methoxy groups -OCH3 is 1. The fraction of sp³-hybridized carbons (Fsp3) is 0.625. The Bertz CT molecular complexity index is 1830. The van der Waals surface area contributed by atoms with Crippen molar-refractivity contribution in [2.75, 3.05) is 13.7 Å². The molecule has 1 aromatic heterocycles. The molecule has 2 aliphatic heterocycles. The number of pyridine rings is 1. The molecule has 4 amide bonds. The molecule has 300 valence electrons. The zero-order chi connectivity index (χ0) is 39.7. The molecule has 3 N–H and O–H groups in total. The van der Waals surface area contributed by atoms with E-state index in [1.807, 2.05) is 19.9 Å². The van der Waals surface area contributed by atoms with Gasteiger partial charge in [-0.15, -0.1) is 0 Å². The van der Waals surface area contributed by atoms with Gasteiger partial charge in [0.2, 0.25) is 17.7 Å². The van der Waals surface area contributed by atoms with Gasteiger partial charge >= 0.3 is 6.09 Å². The van der Waals surface area contributed by atoms with E-state index in [0.29, 0.717) is 30.4 Å². The third-order valence-electron chi connectivity index (χ3n) is 10.4. The van der Waals surface area contributed by atoms with Crippen LogP contribution in [0.3, 0.4) is 0 Å². The van der Waals surface area contributed by atoms with Crippen molar-refractivity contribution in [2.24, 2.45) is 5.92 Å². The molecule has 4 aliphatic rings. The van der Waals surface area contributed by atoms with Gasteiger partial charge in [0.05, 0.1) is 19.8 Å². The summed E-state index contributed by atoms with van der Waals surface area (Å²) in [5, 5.41) is 6.30. The maximum absolute atomic E-state index is 14.9. The van der Waals surface area contributed by atoms with E-state index in [2.05, 4.69) is 33.3 Å². The summed E-state index contributed by atoms with van der Waals surface area (Å²) in [6, 6.07) is 2.37. The first-order valence-corrected chi connectivity index (χ1v) is 20.1. The molecular weight excluding hydrogens is 730 g/mol. The predicted octanol–water partition coefficient (Wildman–Crippen LogP) is 6.12. The van der Waals surface area contributed by atoms with Gasteiger partial charge in [0.1, 0.15) is 40.6 Å². The number of aromatic nitrogens is 1. The van der Waals surface area contributed by atoms with Crippen molar-refractivity contribution < 1.29 is 42.5 Å². The quantitative estimate of drug-likeness (QED) is 0.200. The summed E-state index contributed by atoms with van der Waals surface area (Å²) < 4.78 is 41.2. The zero-order valence-electron chi connectivity index (χ0n) is 32.8. The maximum Gasteiger partial charge on any atom is 0.408 e. The Kier molecular flexibility index (Phi) is 11.8. The Morgan fingerprint density at radius 1 is 1.15 bits per heavy atom. The van der Waals surface area contributed by atoms with Crippen LogP contribution in [0.15, 0.2) is 30.4 Å². The molecule has 2 aromatic rings. The smallest absolute Gasteiger partial charge is 0.408 e. The lowest BCUT2D eigenvalue weighted by atomic mass is 10.0. The number of alkyl carbamates (subject to hydrolysis) is 1. The van der Waals surface area contributed by atoms with Crippen LogP contribution in [-0.2, 0) is 19.1 Å². The normalized spacial score (nSPS) is 27.1. The number of nitrogens with zero attached hydrogens (tertiary/aromatic N) is 2. The van der Waals surface area contributed by atoms with Crippen molar-refractivity contribution in [1.82, 2.24) is 25.2 Å². The zero-order valence-corrected chi connectivity index (χ0v) is 33.6. The van der Waals surface area contributed by atoms with Crippen LogP contribution in [0.4, 0.5) is 9.18 Å². The number of hydrogen-bond acceptors (Lipinski definition) is 10. The molecular formula is C40H54FN5O8S. The number of halogens is 1. The lowest BCUT2D eigenvalue weighted by Crippen LogP contribution is -2.57. The fourth-order valence-corrected chi connectivity index (χ4v) is 7.94. The summed E-state index contributed by atoms with van der Waals surface area (Å²) in [7, 11) is 1.35. The second-order valence-electron chi connectivity index (χ2n) is 16.6. The Morgan fingerprint density at radius 2 is 1.91 bits per heavy atom. The molecule has 1 unspecified atom stereocenters. The molecule has 15 heteroatoms. The molecule has 3 heterocycles. The summed E-state index contributed by atoms with van der Waals surface area (Å²) in [5.41, 5.74) is -1.77. The van der Waals surface area contributed by atoms with Crippen LogP contribution < -0.4 is 29.6 Å². The molecule has 0 radical (unpaired) electrons. The molecule has 5 atom stereocenters. The van der Waals surface area contributed by atoms with E-state index in [4.69, 9.17) is 18.9 Å². The highest BCUT2D eigenvalue weighted by Crippen LogP contribution is 2.49. The summed E-state index contributed by atoms with van der Waals surface area (Å²) >= 11 is 1.39. The van der Waals surface area contributed by atoms with Gasteiger partial charge < -0.3 is 34.5 Å².